The Labute approximate surface area is 336 Å². The number of aromatic nitrogens is 2. The molecule has 2 aromatic carbocycles. The van der Waals surface area contributed by atoms with Crippen LogP contribution in [0.2, 0.25) is 0 Å². The van der Waals surface area contributed by atoms with Crippen LogP contribution in [-0.4, -0.2) is 69.7 Å². The average molecular weight is 792 g/mol. The van der Waals surface area contributed by atoms with Crippen molar-refractivity contribution in [2.75, 3.05) is 13.7 Å². The van der Waals surface area contributed by atoms with Crippen LogP contribution in [0.4, 0.5) is 4.79 Å². The largest absolute Gasteiger partial charge is 0.460 e. The summed E-state index contributed by atoms with van der Waals surface area (Å²) in [5.41, 5.74) is 1.39. The summed E-state index contributed by atoms with van der Waals surface area (Å²) in [6.07, 6.45) is 6.86. The van der Waals surface area contributed by atoms with Crippen molar-refractivity contribution in [2.45, 2.75) is 130 Å². The summed E-state index contributed by atoms with van der Waals surface area (Å²) in [4.78, 5) is 49.0. The monoisotopic (exact) mass is 791 g/mol. The van der Waals surface area contributed by atoms with Gasteiger partial charge in [-0.1, -0.05) is 75.0 Å². The zero-order valence-electron chi connectivity index (χ0n) is 33.0. The molecule has 0 N–H and O–H groups in total. The molecule has 4 aromatic rings. The van der Waals surface area contributed by atoms with Gasteiger partial charge < -0.3 is 19.1 Å². The van der Waals surface area contributed by atoms with Gasteiger partial charge in [-0.25, -0.2) is 14.8 Å². The normalized spacial score (nSPS) is 16.4. The van der Waals surface area contributed by atoms with E-state index in [1.165, 1.54) is 11.1 Å². The zero-order valence-corrected chi connectivity index (χ0v) is 34.7. The number of rotatable bonds is 14. The molecule has 5 atom stereocenters. The molecule has 0 saturated carbocycles. The van der Waals surface area contributed by atoms with Crippen LogP contribution >= 0.6 is 22.7 Å². The summed E-state index contributed by atoms with van der Waals surface area (Å²) in [6.45, 7) is 13.8. The summed E-state index contributed by atoms with van der Waals surface area (Å²) in [5.74, 6) is -0.290. The molecule has 11 heteroatoms. The van der Waals surface area contributed by atoms with Crippen LogP contribution in [0, 0.1) is 5.92 Å². The van der Waals surface area contributed by atoms with E-state index < -0.39 is 11.2 Å². The minimum Gasteiger partial charge on any atom is -0.460 e. The highest BCUT2D eigenvalue weighted by molar-refractivity contribution is 7.09. The van der Waals surface area contributed by atoms with E-state index in [1.54, 1.807) is 47.1 Å². The van der Waals surface area contributed by atoms with Crippen LogP contribution in [-0.2, 0) is 36.6 Å². The maximum Gasteiger partial charge on any atom is 0.410 e. The molecule has 5 rings (SSSR count). The molecule has 1 aliphatic rings. The third-order valence-electron chi connectivity index (χ3n) is 9.11. The number of likely N-dealkylation sites (tertiary alicyclic amines) is 1. The first-order valence-corrected chi connectivity index (χ1v) is 20.5. The zero-order chi connectivity index (χ0) is 39.3. The molecule has 0 spiro atoms. The fraction of sp³-hybridized carbons (Fsp3) is 0.523. The first kappa shape index (κ1) is 45.5. The van der Waals surface area contributed by atoms with Crippen molar-refractivity contribution in [2.24, 2.45) is 5.92 Å². The molecule has 1 fully saturated rings. The maximum absolute atomic E-state index is 13.5. The number of ether oxygens (including phenoxy) is 3. The standard InChI is InChI=1S/C26H36N2O4S.C17H21NO2S.CH4/c1-18(23(31-5)21-12-9-14-28(21)25(30)32-26(2,3)4)22(29)17-20(24-27-13-15-33-24)16-19-10-7-6-8-11-19;1-17(2,3)20-15(19)12-14(16-18-9-10-21-16)11-13-7-5-4-6-8-13;/h6-8,10-11,13,15,18,20-21,23H,9,12,14,16-17H2,1-5H3;4-10,14H,11-12H2,1-3H3;1H4/t18-,20+,21-,23+;14-;/m01./s1. The Bertz CT molecular complexity index is 1700. The Kier molecular flexibility index (Phi) is 17.7. The van der Waals surface area contributed by atoms with Crippen LogP contribution in [0.15, 0.2) is 83.8 Å². The molecule has 0 aliphatic carbocycles. The van der Waals surface area contributed by atoms with Gasteiger partial charge in [0.05, 0.1) is 28.6 Å². The van der Waals surface area contributed by atoms with Crippen LogP contribution < -0.4 is 0 Å². The molecule has 2 aromatic heterocycles. The Balaban J connectivity index is 0.000000319. The number of hydrogen-bond donors (Lipinski definition) is 0. The van der Waals surface area contributed by atoms with Gasteiger partial charge >= 0.3 is 12.1 Å². The van der Waals surface area contributed by atoms with E-state index in [2.05, 4.69) is 34.2 Å². The predicted molar refractivity (Wildman–Crippen MR) is 223 cm³/mol. The van der Waals surface area contributed by atoms with Gasteiger partial charge in [-0.2, -0.15) is 0 Å². The first-order chi connectivity index (χ1) is 25.6. The predicted octanol–water partition coefficient (Wildman–Crippen LogP) is 10.3. The van der Waals surface area contributed by atoms with E-state index in [0.717, 1.165) is 35.7 Å². The lowest BCUT2D eigenvalue weighted by Gasteiger charge is -2.35. The van der Waals surface area contributed by atoms with E-state index in [9.17, 15) is 14.4 Å². The Morgan fingerprint density at radius 2 is 1.27 bits per heavy atom. The molecule has 0 radical (unpaired) electrons. The Morgan fingerprint density at radius 3 is 1.71 bits per heavy atom. The lowest BCUT2D eigenvalue weighted by Crippen LogP contribution is -2.49. The van der Waals surface area contributed by atoms with Gasteiger partial charge in [0, 0.05) is 61.0 Å². The molecule has 300 valence electrons. The minimum absolute atomic E-state index is 0. The van der Waals surface area contributed by atoms with E-state index in [-0.39, 0.29) is 55.2 Å². The van der Waals surface area contributed by atoms with Crippen molar-refractivity contribution < 1.29 is 28.6 Å². The Hall–Kier alpha value is -3.93. The van der Waals surface area contributed by atoms with Crippen LogP contribution in [0.25, 0.3) is 0 Å². The number of Topliss-reactive ketones (excluding diaryl/α,β-unsaturated/α-hetero) is 1. The number of hydrogen-bond acceptors (Lipinski definition) is 10. The Morgan fingerprint density at radius 1 is 0.782 bits per heavy atom. The number of methoxy groups -OCH3 is 1. The van der Waals surface area contributed by atoms with Gasteiger partial charge in [-0.05, 0) is 78.4 Å². The van der Waals surface area contributed by atoms with Gasteiger partial charge in [0.1, 0.15) is 17.0 Å². The number of esters is 1. The second-order valence-electron chi connectivity index (χ2n) is 15.8. The average Bonchev–Trinajstić information content (AvgIpc) is 3.92. The SMILES string of the molecule is C.CC(C)(C)OC(=O)C[C@@H](Cc1ccccc1)c1nccs1.CO[C@H]([C@@H](C)C(=O)C[C@@H](Cc1ccccc1)c1nccs1)[C@@H]1CCCN1C(=O)OC(C)(C)C. The molecule has 1 amide bonds. The first-order valence-electron chi connectivity index (χ1n) is 18.8. The van der Waals surface area contributed by atoms with E-state index >= 15 is 0 Å². The van der Waals surface area contributed by atoms with Gasteiger partial charge in [-0.15, -0.1) is 22.7 Å². The number of thiazole rings is 2. The van der Waals surface area contributed by atoms with Gasteiger partial charge in [0.25, 0.3) is 0 Å². The summed E-state index contributed by atoms with van der Waals surface area (Å²) in [7, 11) is 1.63. The van der Waals surface area contributed by atoms with Crippen LogP contribution in [0.3, 0.4) is 0 Å². The van der Waals surface area contributed by atoms with Crippen molar-refractivity contribution in [3.05, 3.63) is 105 Å². The molecule has 3 heterocycles. The molecular weight excluding hydrogens is 731 g/mol. The van der Waals surface area contributed by atoms with E-state index in [1.807, 2.05) is 95.6 Å². The molecule has 0 unspecified atom stereocenters. The molecule has 0 bridgehead atoms. The van der Waals surface area contributed by atoms with Gasteiger partial charge in [0.2, 0.25) is 0 Å². The van der Waals surface area contributed by atoms with Crippen molar-refractivity contribution in [3.63, 3.8) is 0 Å². The molecule has 9 nitrogen and oxygen atoms in total. The maximum atomic E-state index is 13.5. The number of nitrogens with zero attached hydrogens (tertiary/aromatic N) is 3. The fourth-order valence-electron chi connectivity index (χ4n) is 6.74. The van der Waals surface area contributed by atoms with Gasteiger partial charge in [0.15, 0.2) is 0 Å². The lowest BCUT2D eigenvalue weighted by atomic mass is 9.86. The second-order valence-corrected chi connectivity index (χ2v) is 17.7. The minimum atomic E-state index is -0.563. The van der Waals surface area contributed by atoms with Crippen molar-refractivity contribution in [3.8, 4) is 0 Å². The number of carbonyl (C=O) groups excluding carboxylic acids is 3. The third kappa shape index (κ3) is 14.9. The highest BCUT2D eigenvalue weighted by Gasteiger charge is 2.41. The van der Waals surface area contributed by atoms with Crippen LogP contribution in [0.1, 0.15) is 115 Å². The number of benzene rings is 2. The summed E-state index contributed by atoms with van der Waals surface area (Å²) >= 11 is 3.18. The summed E-state index contributed by atoms with van der Waals surface area (Å²) in [6, 6.07) is 20.2. The quantitative estimate of drug-likeness (QED) is 0.116. The highest BCUT2D eigenvalue weighted by atomic mass is 32.1. The molecule has 55 heavy (non-hydrogen) atoms. The van der Waals surface area contributed by atoms with Crippen molar-refractivity contribution in [1.29, 1.82) is 0 Å². The molecule has 1 aliphatic heterocycles. The summed E-state index contributed by atoms with van der Waals surface area (Å²) in [5, 5.41) is 5.87. The van der Waals surface area contributed by atoms with E-state index in [0.29, 0.717) is 19.4 Å². The van der Waals surface area contributed by atoms with Crippen molar-refractivity contribution in [1.82, 2.24) is 14.9 Å². The topological polar surface area (TPSA) is 108 Å². The summed E-state index contributed by atoms with van der Waals surface area (Å²) < 4.78 is 16.9. The highest BCUT2D eigenvalue weighted by Crippen LogP contribution is 2.32. The second kappa shape index (κ2) is 21.4. The number of ketones is 1. The lowest BCUT2D eigenvalue weighted by molar-refractivity contribution is -0.155. The van der Waals surface area contributed by atoms with Gasteiger partial charge in [-0.3, -0.25) is 9.59 Å². The van der Waals surface area contributed by atoms with Crippen LogP contribution in [0.5, 0.6) is 0 Å². The molecule has 1 saturated heterocycles. The number of amides is 1. The third-order valence-corrected chi connectivity index (χ3v) is 11.0. The number of carbonyl (C=O) groups is 3. The fourth-order valence-corrected chi connectivity index (χ4v) is 8.22. The smallest absolute Gasteiger partial charge is 0.410 e. The van der Waals surface area contributed by atoms with Crippen molar-refractivity contribution >= 4 is 40.5 Å². The molecular formula is C44H61N3O6S2. The van der Waals surface area contributed by atoms with E-state index in [4.69, 9.17) is 14.2 Å².